The average molecular weight is 1020 g/mol. The molecule has 0 unspecified atom stereocenters. The van der Waals surface area contributed by atoms with Crippen molar-refractivity contribution in [1.29, 1.82) is 0 Å². The van der Waals surface area contributed by atoms with Gasteiger partial charge in [0.05, 0.1) is 22.3 Å². The van der Waals surface area contributed by atoms with Crippen molar-refractivity contribution in [2.45, 2.75) is 112 Å². The molecule has 8 aromatic rings. The van der Waals surface area contributed by atoms with Gasteiger partial charge >= 0.3 is 0 Å². The van der Waals surface area contributed by atoms with Gasteiger partial charge in [-0.15, -0.1) is 29.3 Å². The molecule has 0 bridgehead atoms. The molecule has 0 saturated heterocycles. The zero-order chi connectivity index (χ0) is 45.2. The zero-order valence-electron chi connectivity index (χ0n) is 39.8. The molecule has 0 spiro atoms. The summed E-state index contributed by atoms with van der Waals surface area (Å²) in [5, 5.41) is 12.5. The van der Waals surface area contributed by atoms with Gasteiger partial charge in [-0.3, -0.25) is 9.55 Å². The number of pyridine rings is 1. The second-order valence-electron chi connectivity index (χ2n) is 21.5. The molecule has 0 aliphatic heterocycles. The van der Waals surface area contributed by atoms with Gasteiger partial charge in [-0.25, -0.2) is 4.98 Å². The molecule has 5 heteroatoms. The van der Waals surface area contributed by atoms with Crippen LogP contribution in [0.15, 0.2) is 134 Å². The first-order valence-electron chi connectivity index (χ1n) is 22.3. The van der Waals surface area contributed by atoms with Crippen LogP contribution in [0.2, 0.25) is 0 Å². The van der Waals surface area contributed by atoms with Crippen molar-refractivity contribution in [3.63, 3.8) is 0 Å². The van der Waals surface area contributed by atoms with Crippen LogP contribution < -0.4 is 0 Å². The van der Waals surface area contributed by atoms with E-state index in [0.717, 1.165) is 78.0 Å². The van der Waals surface area contributed by atoms with E-state index in [4.69, 9.17) is 9.97 Å². The Bertz CT molecular complexity index is 2980. The van der Waals surface area contributed by atoms with Crippen molar-refractivity contribution in [2.24, 2.45) is 0 Å². The Morgan fingerprint density at radius 2 is 1.16 bits per heavy atom. The minimum absolute atomic E-state index is 0. The summed E-state index contributed by atoms with van der Waals surface area (Å²) in [7, 11) is 0. The maximum absolute atomic E-state index is 12.5. The molecule has 0 radical (unpaired) electrons. The molecule has 0 saturated carbocycles. The number of rotatable bonds is 6. The van der Waals surface area contributed by atoms with Crippen molar-refractivity contribution in [1.82, 2.24) is 14.5 Å². The number of hydrogen-bond donors (Lipinski definition) is 1. The Morgan fingerprint density at radius 3 is 1.80 bits per heavy atom. The van der Waals surface area contributed by atoms with Crippen LogP contribution >= 0.6 is 0 Å². The van der Waals surface area contributed by atoms with Crippen molar-refractivity contribution in [3.05, 3.63) is 167 Å². The maximum atomic E-state index is 12.5. The van der Waals surface area contributed by atoms with Gasteiger partial charge in [0, 0.05) is 44.1 Å². The largest absolute Gasteiger partial charge is 0.507 e. The summed E-state index contributed by atoms with van der Waals surface area (Å²) in [6, 6.07) is 49.5. The van der Waals surface area contributed by atoms with Crippen molar-refractivity contribution >= 4 is 11.0 Å². The quantitative estimate of drug-likeness (QED) is 0.169. The number of aromatic nitrogens is 3. The molecule has 6 aromatic carbocycles. The van der Waals surface area contributed by atoms with Crippen LogP contribution in [-0.2, 0) is 42.7 Å². The van der Waals surface area contributed by atoms with E-state index in [1.165, 1.54) is 11.1 Å². The van der Waals surface area contributed by atoms with E-state index in [0.29, 0.717) is 11.4 Å². The number of fused-ring (bicyclic) bond motifs is 1. The van der Waals surface area contributed by atoms with Crippen LogP contribution in [0.3, 0.4) is 0 Å². The topological polar surface area (TPSA) is 50.9 Å². The van der Waals surface area contributed by atoms with Crippen molar-refractivity contribution in [3.8, 4) is 67.5 Å². The van der Waals surface area contributed by atoms with Crippen molar-refractivity contribution in [2.75, 3.05) is 0 Å². The first-order chi connectivity index (χ1) is 29.6. The number of nitrogens with zero attached hydrogens (tertiary/aromatic N) is 3. The van der Waals surface area contributed by atoms with Crippen LogP contribution in [0.5, 0.6) is 5.75 Å². The van der Waals surface area contributed by atoms with Gasteiger partial charge in [0.1, 0.15) is 11.6 Å². The average Bonchev–Trinajstić information content (AvgIpc) is 3.62. The standard InChI is InChI=1S/C59H62N3O.Pt/c1-37-22-27-51(47(30-37)39-18-15-14-16-19-39)62-52-21-17-20-46(53(52)61-55(62)48-35-45(58(8,9)10)36-49(54(48)63)59(11,12)13)41-31-42(33-44(32-41)57(5,6)7)50-34-40(28-29-60-50)38-23-25-43(26-24-38)56(2,3)4;/h14-30,32-36,63H,1-13H3;/q-1;. The van der Waals surface area contributed by atoms with Crippen molar-refractivity contribution < 1.29 is 26.2 Å². The molecule has 4 nitrogen and oxygen atoms in total. The molecule has 0 amide bonds. The Labute approximate surface area is 396 Å². The van der Waals surface area contributed by atoms with Gasteiger partial charge in [-0.2, -0.15) is 0 Å². The number of benzene rings is 6. The SMILES string of the molecule is Cc1ccc(-n2c(-c3cc(C(C)(C)C)cc(C(C)(C)C)c3O)nc3c(-c4[c-]c(-c5cc(-c6ccc(C(C)(C)C)cc6)ccn5)cc(C(C)(C)C)c4)cccc32)c(-c2ccccc2)c1.[Pt]. The van der Waals surface area contributed by atoms with E-state index in [1.807, 2.05) is 6.20 Å². The predicted octanol–water partition coefficient (Wildman–Crippen LogP) is 15.8. The Kier molecular flexibility index (Phi) is 12.4. The summed E-state index contributed by atoms with van der Waals surface area (Å²) in [6.07, 6.45) is 1.91. The number of aromatic hydroxyl groups is 1. The van der Waals surface area contributed by atoms with E-state index in [9.17, 15) is 5.11 Å². The summed E-state index contributed by atoms with van der Waals surface area (Å²) < 4.78 is 2.26. The predicted molar refractivity (Wildman–Crippen MR) is 266 cm³/mol. The minimum Gasteiger partial charge on any atom is -0.507 e. The van der Waals surface area contributed by atoms with Crippen LogP contribution in [0, 0.1) is 13.0 Å². The number of phenolic OH excluding ortho intramolecular Hbond substituents is 1. The van der Waals surface area contributed by atoms with Gasteiger partial charge in [0.25, 0.3) is 0 Å². The molecule has 64 heavy (non-hydrogen) atoms. The monoisotopic (exact) mass is 1020 g/mol. The van der Waals surface area contributed by atoms with Crippen LogP contribution in [0.25, 0.3) is 72.7 Å². The first-order valence-corrected chi connectivity index (χ1v) is 22.3. The molecule has 0 aliphatic rings. The van der Waals surface area contributed by atoms with E-state index < -0.39 is 0 Å². The molecule has 2 heterocycles. The molecule has 0 fully saturated rings. The first kappa shape index (κ1) is 46.4. The Hall–Kier alpha value is -5.57. The van der Waals surface area contributed by atoms with Gasteiger partial charge in [0.2, 0.25) is 0 Å². The Morgan fingerprint density at radius 1 is 0.516 bits per heavy atom. The molecular weight excluding hydrogens is 962 g/mol. The normalized spacial score (nSPS) is 12.4. The summed E-state index contributed by atoms with van der Waals surface area (Å²) in [6.45, 7) is 28.8. The third-order valence-electron chi connectivity index (χ3n) is 12.3. The molecule has 330 valence electrons. The van der Waals surface area contributed by atoms with Gasteiger partial charge < -0.3 is 5.11 Å². The third kappa shape index (κ3) is 9.18. The molecule has 1 N–H and O–H groups in total. The fourth-order valence-corrected chi connectivity index (χ4v) is 8.45. The summed E-state index contributed by atoms with van der Waals surface area (Å²) in [5.74, 6) is 0.941. The number of hydrogen-bond acceptors (Lipinski definition) is 3. The van der Waals surface area contributed by atoms with Crippen LogP contribution in [-0.4, -0.2) is 19.6 Å². The van der Waals surface area contributed by atoms with Crippen LogP contribution in [0.1, 0.15) is 111 Å². The smallest absolute Gasteiger partial charge is 0.148 e. The van der Waals surface area contributed by atoms with Gasteiger partial charge in [0.15, 0.2) is 0 Å². The second kappa shape index (κ2) is 17.1. The number of phenols is 1. The maximum Gasteiger partial charge on any atom is 0.148 e. The number of para-hydroxylation sites is 1. The fraction of sp³-hybridized carbons (Fsp3) is 0.288. The van der Waals surface area contributed by atoms with E-state index in [2.05, 4.69) is 228 Å². The van der Waals surface area contributed by atoms with Gasteiger partial charge in [-0.05, 0) is 86.7 Å². The number of aryl methyl sites for hydroxylation is 1. The van der Waals surface area contributed by atoms with Crippen LogP contribution in [0.4, 0.5) is 0 Å². The molecule has 2 aromatic heterocycles. The van der Waals surface area contributed by atoms with E-state index in [1.54, 1.807) is 0 Å². The molecule has 8 rings (SSSR count). The fourth-order valence-electron chi connectivity index (χ4n) is 8.45. The molecule has 0 atom stereocenters. The summed E-state index contributed by atoms with van der Waals surface area (Å²) in [4.78, 5) is 10.6. The number of imidazole rings is 1. The molecular formula is C59H62N3OPt-. The molecule has 0 aliphatic carbocycles. The minimum atomic E-state index is -0.318. The van der Waals surface area contributed by atoms with E-state index >= 15 is 0 Å². The van der Waals surface area contributed by atoms with E-state index in [-0.39, 0.29) is 48.5 Å². The summed E-state index contributed by atoms with van der Waals surface area (Å²) >= 11 is 0. The second-order valence-corrected chi connectivity index (χ2v) is 21.5. The summed E-state index contributed by atoms with van der Waals surface area (Å²) in [5.41, 5.74) is 16.7. The third-order valence-corrected chi connectivity index (χ3v) is 12.3. The zero-order valence-corrected chi connectivity index (χ0v) is 42.1. The Balaban J connectivity index is 0.00000612. The van der Waals surface area contributed by atoms with Gasteiger partial charge in [-0.1, -0.05) is 185 Å².